The van der Waals surface area contributed by atoms with E-state index >= 15 is 0 Å². The van der Waals surface area contributed by atoms with E-state index < -0.39 is 6.10 Å². The average molecular weight is 314 g/mol. The average Bonchev–Trinajstić information content (AvgIpc) is 3.06. The third kappa shape index (κ3) is 2.83. The summed E-state index contributed by atoms with van der Waals surface area (Å²) >= 11 is 0. The number of aliphatic hydroxyl groups excluding tert-OH is 1. The van der Waals surface area contributed by atoms with Gasteiger partial charge in [0, 0.05) is 32.9 Å². The number of aryl methyl sites for hydroxylation is 1. The number of nitrogens with zero attached hydrogens (tertiary/aromatic N) is 4. The number of hydrogen-bond acceptors (Lipinski definition) is 5. The Hall–Kier alpha value is -2.67. The van der Waals surface area contributed by atoms with Crippen molar-refractivity contribution in [2.75, 3.05) is 25.0 Å². The number of carbonyl (C=O) groups excluding carboxylic acids is 2. The zero-order chi connectivity index (χ0) is 16.6. The molecule has 0 fully saturated rings. The molecule has 2 amide bonds. The Kier molecular flexibility index (Phi) is 3.87. The molecule has 1 N–H and O–H groups in total. The van der Waals surface area contributed by atoms with Crippen LogP contribution >= 0.6 is 0 Å². The molecule has 2 aromatic rings. The fourth-order valence-corrected chi connectivity index (χ4v) is 2.69. The van der Waals surface area contributed by atoms with E-state index in [9.17, 15) is 14.7 Å². The molecule has 1 aromatic carbocycles. The maximum absolute atomic E-state index is 12.3. The highest BCUT2D eigenvalue weighted by Gasteiger charge is 2.36. The lowest BCUT2D eigenvalue weighted by Gasteiger charge is -2.23. The smallest absolute Gasteiger partial charge is 0.261 e. The minimum atomic E-state index is -0.857. The molecule has 2 heterocycles. The zero-order valence-corrected chi connectivity index (χ0v) is 13.0. The first-order valence-corrected chi connectivity index (χ1v) is 7.31. The molecule has 0 saturated carbocycles. The number of rotatable bonds is 5. The van der Waals surface area contributed by atoms with Gasteiger partial charge in [-0.1, -0.05) is 12.1 Å². The molecule has 0 unspecified atom stereocenters. The molecule has 7 nitrogen and oxygen atoms in total. The van der Waals surface area contributed by atoms with Gasteiger partial charge >= 0.3 is 0 Å². The molecule has 120 valence electrons. The van der Waals surface area contributed by atoms with E-state index in [1.807, 2.05) is 19.3 Å². The molecule has 0 saturated heterocycles. The summed E-state index contributed by atoms with van der Waals surface area (Å²) in [6.07, 6.45) is 0.951. The van der Waals surface area contributed by atoms with E-state index in [1.54, 1.807) is 40.9 Å². The fourth-order valence-electron chi connectivity index (χ4n) is 2.69. The monoisotopic (exact) mass is 314 g/mol. The van der Waals surface area contributed by atoms with Gasteiger partial charge in [0.25, 0.3) is 11.8 Å². The van der Waals surface area contributed by atoms with Crippen LogP contribution in [0.1, 0.15) is 20.7 Å². The molecular weight excluding hydrogens is 296 g/mol. The molecule has 7 heteroatoms. The van der Waals surface area contributed by atoms with Crippen LogP contribution in [0.2, 0.25) is 0 Å². The summed E-state index contributed by atoms with van der Waals surface area (Å²) in [4.78, 5) is 27.4. The van der Waals surface area contributed by atoms with E-state index in [0.29, 0.717) is 16.9 Å². The molecule has 1 aliphatic heterocycles. The summed E-state index contributed by atoms with van der Waals surface area (Å²) in [7, 11) is 3.61. The molecule has 0 spiro atoms. The molecular formula is C16H18N4O3. The van der Waals surface area contributed by atoms with Crippen molar-refractivity contribution in [2.45, 2.75) is 6.10 Å². The lowest BCUT2D eigenvalue weighted by Crippen LogP contribution is -2.41. The third-order valence-corrected chi connectivity index (χ3v) is 3.85. The lowest BCUT2D eigenvalue weighted by atomic mass is 10.1. The standard InChI is InChI=1S/C16H18N4O3/c1-18(14-7-8-19(2)17-14)9-11(21)10-20-15(22)12-5-3-4-6-13(12)16(20)23/h3-8,11,21H,9-10H2,1-2H3/t11-/m0/s1. The van der Waals surface area contributed by atoms with E-state index in [1.165, 1.54) is 0 Å². The summed E-state index contributed by atoms with van der Waals surface area (Å²) in [6, 6.07) is 8.52. The number of imide groups is 1. The minimum absolute atomic E-state index is 0.0382. The van der Waals surface area contributed by atoms with Gasteiger partial charge in [-0.3, -0.25) is 19.2 Å². The van der Waals surface area contributed by atoms with Crippen molar-refractivity contribution in [1.82, 2.24) is 14.7 Å². The number of hydrogen-bond donors (Lipinski definition) is 1. The largest absolute Gasteiger partial charge is 0.389 e. The van der Waals surface area contributed by atoms with Crippen LogP contribution in [0.4, 0.5) is 5.82 Å². The minimum Gasteiger partial charge on any atom is -0.389 e. The fraction of sp³-hybridized carbons (Fsp3) is 0.312. The number of fused-ring (bicyclic) bond motifs is 1. The summed E-state index contributed by atoms with van der Waals surface area (Å²) in [5.41, 5.74) is 0.783. The molecule has 0 bridgehead atoms. The second-order valence-electron chi connectivity index (χ2n) is 5.65. The van der Waals surface area contributed by atoms with Gasteiger partial charge in [-0.05, 0) is 12.1 Å². The Bertz CT molecular complexity index is 720. The van der Waals surface area contributed by atoms with Crippen molar-refractivity contribution in [3.8, 4) is 0 Å². The topological polar surface area (TPSA) is 78.7 Å². The normalized spacial score (nSPS) is 15.0. The van der Waals surface area contributed by atoms with Crippen LogP contribution in [0.25, 0.3) is 0 Å². The molecule has 1 aliphatic rings. The molecule has 3 rings (SSSR count). The third-order valence-electron chi connectivity index (χ3n) is 3.85. The van der Waals surface area contributed by atoms with Crippen molar-refractivity contribution in [3.05, 3.63) is 47.7 Å². The number of likely N-dealkylation sites (N-methyl/N-ethyl adjacent to an activating group) is 1. The first-order chi connectivity index (χ1) is 11.0. The number of benzene rings is 1. The van der Waals surface area contributed by atoms with E-state index in [4.69, 9.17) is 0 Å². The first kappa shape index (κ1) is 15.2. The van der Waals surface area contributed by atoms with E-state index in [0.717, 1.165) is 4.90 Å². The predicted molar refractivity (Wildman–Crippen MR) is 84.3 cm³/mol. The zero-order valence-electron chi connectivity index (χ0n) is 13.0. The van der Waals surface area contributed by atoms with Crippen molar-refractivity contribution in [1.29, 1.82) is 0 Å². The van der Waals surface area contributed by atoms with Crippen LogP contribution < -0.4 is 4.90 Å². The summed E-state index contributed by atoms with van der Waals surface area (Å²) in [6.45, 7) is 0.230. The number of β-amino-alcohol motifs (C(OH)–C–C–N with tert-alkyl or cyclic N) is 1. The second-order valence-corrected chi connectivity index (χ2v) is 5.65. The van der Waals surface area contributed by atoms with Gasteiger partial charge < -0.3 is 10.0 Å². The Labute approximate surface area is 133 Å². The van der Waals surface area contributed by atoms with Gasteiger partial charge in [0.2, 0.25) is 0 Å². The number of carbonyl (C=O) groups is 2. The highest BCUT2D eigenvalue weighted by molar-refractivity contribution is 6.21. The number of amides is 2. The van der Waals surface area contributed by atoms with Crippen molar-refractivity contribution in [2.24, 2.45) is 7.05 Å². The number of aliphatic hydroxyl groups is 1. The van der Waals surface area contributed by atoms with Crippen molar-refractivity contribution >= 4 is 17.6 Å². The Morgan fingerprint density at radius 1 is 1.17 bits per heavy atom. The lowest BCUT2D eigenvalue weighted by molar-refractivity contribution is 0.0552. The van der Waals surface area contributed by atoms with Crippen LogP contribution in [0.15, 0.2) is 36.5 Å². The van der Waals surface area contributed by atoms with Crippen molar-refractivity contribution < 1.29 is 14.7 Å². The summed E-state index contributed by atoms with van der Waals surface area (Å²) < 4.78 is 1.67. The van der Waals surface area contributed by atoms with Gasteiger partial charge in [0.1, 0.15) is 5.82 Å². The summed E-state index contributed by atoms with van der Waals surface area (Å²) in [5, 5.41) is 14.5. The maximum atomic E-state index is 12.3. The Morgan fingerprint density at radius 2 is 1.78 bits per heavy atom. The maximum Gasteiger partial charge on any atom is 0.261 e. The van der Waals surface area contributed by atoms with Gasteiger partial charge in [0.15, 0.2) is 0 Å². The molecule has 23 heavy (non-hydrogen) atoms. The predicted octanol–water partition coefficient (Wildman–Crippen LogP) is 0.513. The van der Waals surface area contributed by atoms with Crippen LogP contribution in [-0.4, -0.2) is 57.8 Å². The van der Waals surface area contributed by atoms with Crippen LogP contribution in [-0.2, 0) is 7.05 Å². The quantitative estimate of drug-likeness (QED) is 0.814. The van der Waals surface area contributed by atoms with Gasteiger partial charge in [-0.25, -0.2) is 0 Å². The van der Waals surface area contributed by atoms with Gasteiger partial charge in [-0.2, -0.15) is 5.10 Å². The highest BCUT2D eigenvalue weighted by atomic mass is 16.3. The number of aromatic nitrogens is 2. The van der Waals surface area contributed by atoms with Gasteiger partial charge in [0.05, 0.1) is 23.8 Å². The van der Waals surface area contributed by atoms with Crippen LogP contribution in [0.3, 0.4) is 0 Å². The number of anilines is 1. The van der Waals surface area contributed by atoms with Crippen molar-refractivity contribution in [3.63, 3.8) is 0 Å². The highest BCUT2D eigenvalue weighted by Crippen LogP contribution is 2.22. The summed E-state index contributed by atoms with van der Waals surface area (Å²) in [5.74, 6) is 0.00388. The van der Waals surface area contributed by atoms with E-state index in [2.05, 4.69) is 5.10 Å². The second kappa shape index (κ2) is 5.85. The molecule has 0 aliphatic carbocycles. The molecule has 1 aromatic heterocycles. The first-order valence-electron chi connectivity index (χ1n) is 7.31. The van der Waals surface area contributed by atoms with Gasteiger partial charge in [-0.15, -0.1) is 0 Å². The molecule has 1 atom stereocenters. The Balaban J connectivity index is 1.66. The van der Waals surface area contributed by atoms with Crippen LogP contribution in [0, 0.1) is 0 Å². The molecule has 0 radical (unpaired) electrons. The SMILES string of the molecule is CN(C[C@H](O)CN1C(=O)c2ccccc2C1=O)c1ccn(C)n1. The van der Waals surface area contributed by atoms with E-state index in [-0.39, 0.29) is 24.9 Å². The Morgan fingerprint density at radius 3 is 2.30 bits per heavy atom. The van der Waals surface area contributed by atoms with Crippen LogP contribution in [0.5, 0.6) is 0 Å².